The van der Waals surface area contributed by atoms with E-state index in [-0.39, 0.29) is 0 Å². The van der Waals surface area contributed by atoms with Gasteiger partial charge >= 0.3 is 0 Å². The van der Waals surface area contributed by atoms with Crippen molar-refractivity contribution < 1.29 is 0 Å². The summed E-state index contributed by atoms with van der Waals surface area (Å²) in [6.45, 7) is 1.91. The Morgan fingerprint density at radius 3 is 2.91 bits per heavy atom. The van der Waals surface area contributed by atoms with Crippen LogP contribution in [-0.2, 0) is 0 Å². The largest absolute Gasteiger partial charge is 0.368 e. The first-order chi connectivity index (χ1) is 5.22. The molecule has 0 saturated carbocycles. The van der Waals surface area contributed by atoms with Crippen LogP contribution in [0.25, 0.3) is 0 Å². The second kappa shape index (κ2) is 4.10. The van der Waals surface area contributed by atoms with Crippen LogP contribution >= 0.6 is 34.4 Å². The van der Waals surface area contributed by atoms with E-state index in [4.69, 9.17) is 5.73 Å². The number of halogens is 1. The van der Waals surface area contributed by atoms with Gasteiger partial charge in [0.15, 0.2) is 0 Å². The Kier molecular flexibility index (Phi) is 3.38. The highest BCUT2D eigenvalue weighted by molar-refractivity contribution is 14.1. The number of aryl methyl sites for hydroxylation is 1. The predicted molar refractivity (Wildman–Crippen MR) is 55.9 cm³/mol. The molecule has 1 aromatic heterocycles. The maximum absolute atomic E-state index is 5.45. The number of nitrogen functional groups attached to an aromatic ring is 1. The van der Waals surface area contributed by atoms with Crippen molar-refractivity contribution in [3.63, 3.8) is 0 Å². The lowest BCUT2D eigenvalue weighted by Gasteiger charge is -1.99. The smallest absolute Gasteiger partial charge is 0.221 e. The summed E-state index contributed by atoms with van der Waals surface area (Å²) in [4.78, 5) is 8.02. The molecule has 1 aromatic rings. The lowest BCUT2D eigenvalue weighted by atomic mass is 10.5. The van der Waals surface area contributed by atoms with E-state index in [9.17, 15) is 0 Å². The summed E-state index contributed by atoms with van der Waals surface area (Å²) < 4.78 is 0.980. The van der Waals surface area contributed by atoms with E-state index >= 15 is 0 Å². The standard InChI is InChI=1S/C6H8IN3S/c1-4-2-5(11-3-7)10-6(8)9-4/h2H,3H2,1H3,(H2,8,9,10). The Morgan fingerprint density at radius 2 is 2.36 bits per heavy atom. The number of alkyl halides is 1. The van der Waals surface area contributed by atoms with Gasteiger partial charge in [-0.15, -0.1) is 0 Å². The van der Waals surface area contributed by atoms with Crippen LogP contribution in [0.1, 0.15) is 5.69 Å². The molecule has 0 aliphatic heterocycles. The highest BCUT2D eigenvalue weighted by Gasteiger charge is 1.97. The maximum atomic E-state index is 5.45. The number of anilines is 1. The molecule has 0 aromatic carbocycles. The van der Waals surface area contributed by atoms with Crippen LogP contribution in [0.3, 0.4) is 0 Å². The van der Waals surface area contributed by atoms with Crippen LogP contribution in [-0.4, -0.2) is 13.7 Å². The summed E-state index contributed by atoms with van der Waals surface area (Å²) in [6, 6.07) is 1.93. The van der Waals surface area contributed by atoms with Crippen LogP contribution in [0.4, 0.5) is 5.95 Å². The predicted octanol–water partition coefficient (Wildman–Crippen LogP) is 1.85. The molecule has 0 saturated heterocycles. The molecule has 0 amide bonds. The molecule has 0 unspecified atom stereocenters. The Morgan fingerprint density at radius 1 is 1.64 bits per heavy atom. The molecule has 0 fully saturated rings. The number of aromatic nitrogens is 2. The molecular formula is C6H8IN3S. The third-order valence-electron chi connectivity index (χ3n) is 1.05. The number of nitrogens with zero attached hydrogens (tertiary/aromatic N) is 2. The lowest BCUT2D eigenvalue weighted by Crippen LogP contribution is -1.97. The van der Waals surface area contributed by atoms with Crippen LogP contribution in [0.15, 0.2) is 11.1 Å². The fourth-order valence-corrected chi connectivity index (χ4v) is 2.17. The van der Waals surface area contributed by atoms with Crippen molar-refractivity contribution >= 4 is 40.3 Å². The van der Waals surface area contributed by atoms with Gasteiger partial charge in [0.05, 0.1) is 3.76 Å². The van der Waals surface area contributed by atoms with E-state index in [1.165, 1.54) is 0 Å². The molecule has 0 aliphatic carbocycles. The van der Waals surface area contributed by atoms with E-state index in [0.29, 0.717) is 5.95 Å². The molecule has 0 radical (unpaired) electrons. The molecule has 0 aliphatic rings. The number of rotatable bonds is 2. The average Bonchev–Trinajstić information content (AvgIpc) is 1.85. The zero-order valence-electron chi connectivity index (χ0n) is 6.04. The van der Waals surface area contributed by atoms with Crippen LogP contribution < -0.4 is 5.73 Å². The highest BCUT2D eigenvalue weighted by Crippen LogP contribution is 2.18. The highest BCUT2D eigenvalue weighted by atomic mass is 127. The topological polar surface area (TPSA) is 51.8 Å². The van der Waals surface area contributed by atoms with Crippen LogP contribution in [0.2, 0.25) is 0 Å². The van der Waals surface area contributed by atoms with Gasteiger partial charge in [0.25, 0.3) is 0 Å². The molecule has 1 rings (SSSR count). The van der Waals surface area contributed by atoms with Gasteiger partial charge < -0.3 is 5.73 Å². The van der Waals surface area contributed by atoms with E-state index in [1.807, 2.05) is 13.0 Å². The van der Waals surface area contributed by atoms with Gasteiger partial charge in [-0.3, -0.25) is 0 Å². The molecule has 11 heavy (non-hydrogen) atoms. The Hall–Kier alpha value is -0.0400. The van der Waals surface area contributed by atoms with E-state index < -0.39 is 0 Å². The second-order valence-electron chi connectivity index (χ2n) is 1.96. The second-order valence-corrected chi connectivity index (χ2v) is 4.75. The number of hydrogen-bond acceptors (Lipinski definition) is 4. The SMILES string of the molecule is Cc1cc(SCI)nc(N)n1. The van der Waals surface area contributed by atoms with Gasteiger partial charge in [-0.2, -0.15) is 0 Å². The van der Waals surface area contributed by atoms with Crippen LogP contribution in [0, 0.1) is 6.92 Å². The first-order valence-corrected chi connectivity index (χ1v) is 5.53. The third-order valence-corrected chi connectivity index (χ3v) is 2.60. The van der Waals surface area contributed by atoms with Crippen molar-refractivity contribution in [3.8, 4) is 0 Å². The van der Waals surface area contributed by atoms with E-state index in [1.54, 1.807) is 11.8 Å². The normalized spacial score (nSPS) is 10.0. The molecular weight excluding hydrogens is 273 g/mol. The molecule has 0 atom stereocenters. The van der Waals surface area contributed by atoms with Crippen LogP contribution in [0.5, 0.6) is 0 Å². The Bertz CT molecular complexity index is 233. The summed E-state index contributed by atoms with van der Waals surface area (Å²) in [7, 11) is 0. The number of thioether (sulfide) groups is 1. The Labute approximate surface area is 83.3 Å². The Balaban J connectivity index is 2.89. The first-order valence-electron chi connectivity index (χ1n) is 3.02. The summed E-state index contributed by atoms with van der Waals surface area (Å²) in [6.07, 6.45) is 0. The zero-order valence-corrected chi connectivity index (χ0v) is 9.02. The van der Waals surface area contributed by atoms with Crippen molar-refractivity contribution in [1.29, 1.82) is 0 Å². The van der Waals surface area contributed by atoms with Gasteiger partial charge in [-0.1, -0.05) is 34.4 Å². The van der Waals surface area contributed by atoms with Crippen molar-refractivity contribution in [1.82, 2.24) is 9.97 Å². The van der Waals surface area contributed by atoms with Crippen molar-refractivity contribution in [2.24, 2.45) is 0 Å². The van der Waals surface area contributed by atoms with Gasteiger partial charge in [-0.05, 0) is 13.0 Å². The lowest BCUT2D eigenvalue weighted by molar-refractivity contribution is 1.03. The summed E-state index contributed by atoms with van der Waals surface area (Å²) >= 11 is 3.94. The molecule has 3 nitrogen and oxygen atoms in total. The minimum atomic E-state index is 0.359. The van der Waals surface area contributed by atoms with E-state index in [0.717, 1.165) is 14.5 Å². The molecule has 2 N–H and O–H groups in total. The maximum Gasteiger partial charge on any atom is 0.221 e. The summed E-state index contributed by atoms with van der Waals surface area (Å²) in [5, 5.41) is 0.949. The average molecular weight is 281 g/mol. The monoisotopic (exact) mass is 281 g/mol. The number of hydrogen-bond donors (Lipinski definition) is 1. The van der Waals surface area contributed by atoms with Gasteiger partial charge in [0.1, 0.15) is 5.03 Å². The van der Waals surface area contributed by atoms with Gasteiger partial charge in [-0.25, -0.2) is 9.97 Å². The van der Waals surface area contributed by atoms with Gasteiger partial charge in [0.2, 0.25) is 5.95 Å². The molecule has 1 heterocycles. The first kappa shape index (κ1) is 9.05. The fourth-order valence-electron chi connectivity index (χ4n) is 0.692. The summed E-state index contributed by atoms with van der Waals surface area (Å²) in [5.74, 6) is 0.359. The third kappa shape index (κ3) is 2.82. The quantitative estimate of drug-likeness (QED) is 0.389. The molecule has 60 valence electrons. The van der Waals surface area contributed by atoms with Crippen molar-refractivity contribution in [2.45, 2.75) is 11.9 Å². The van der Waals surface area contributed by atoms with Crippen molar-refractivity contribution in [3.05, 3.63) is 11.8 Å². The summed E-state index contributed by atoms with van der Waals surface area (Å²) in [5.41, 5.74) is 6.37. The molecule has 5 heteroatoms. The number of nitrogens with two attached hydrogens (primary N) is 1. The molecule has 0 bridgehead atoms. The molecule has 0 spiro atoms. The van der Waals surface area contributed by atoms with Crippen molar-refractivity contribution in [2.75, 3.05) is 9.49 Å². The zero-order chi connectivity index (χ0) is 8.27. The van der Waals surface area contributed by atoms with Gasteiger partial charge in [0, 0.05) is 5.69 Å². The minimum absolute atomic E-state index is 0.359. The fraction of sp³-hybridized carbons (Fsp3) is 0.333. The van der Waals surface area contributed by atoms with E-state index in [2.05, 4.69) is 32.6 Å². The minimum Gasteiger partial charge on any atom is -0.368 e.